The Morgan fingerprint density at radius 3 is 2.36 bits per heavy atom. The molecule has 2 aromatic rings. The number of carbonyl (C=O) groups excluding carboxylic acids is 2. The fourth-order valence-electron chi connectivity index (χ4n) is 4.53. The minimum Gasteiger partial charge on any atom is -0.481 e. The topological polar surface area (TPSA) is 105 Å². The lowest BCUT2D eigenvalue weighted by Crippen LogP contribution is -2.44. The molecule has 2 amide bonds. The Kier molecular flexibility index (Phi) is 7.24. The minimum absolute atomic E-state index is 0.00353. The van der Waals surface area contributed by atoms with Crippen LogP contribution in [0.3, 0.4) is 0 Å². The molecule has 0 aromatic heterocycles. The van der Waals surface area contributed by atoms with Crippen molar-refractivity contribution in [2.45, 2.75) is 18.8 Å². The number of carboxylic acids is 1. The molecule has 0 saturated carbocycles. The summed E-state index contributed by atoms with van der Waals surface area (Å²) in [5, 5.41) is 11.8. The third-order valence-corrected chi connectivity index (χ3v) is 6.21. The van der Waals surface area contributed by atoms with Gasteiger partial charge in [0, 0.05) is 25.6 Å². The number of carboxylic acid groups (broad SMARTS) is 1. The number of hydrogen-bond donors (Lipinski definition) is 2. The number of nitrogens with one attached hydrogen (secondary N) is 1. The quantitative estimate of drug-likeness (QED) is 0.597. The zero-order valence-electron chi connectivity index (χ0n) is 18.4. The lowest BCUT2D eigenvalue weighted by atomic mass is 9.98. The first-order chi connectivity index (χ1) is 16.0. The highest BCUT2D eigenvalue weighted by Crippen LogP contribution is 2.44. The van der Waals surface area contributed by atoms with Crippen LogP contribution < -0.4 is 5.32 Å². The third-order valence-electron chi connectivity index (χ3n) is 6.21. The predicted molar refractivity (Wildman–Crippen MR) is 121 cm³/mol. The van der Waals surface area contributed by atoms with Crippen molar-refractivity contribution in [2.24, 2.45) is 5.92 Å². The Bertz CT molecular complexity index is 978. The molecule has 1 saturated heterocycles. The van der Waals surface area contributed by atoms with Gasteiger partial charge in [-0.3, -0.25) is 9.59 Å². The first-order valence-corrected chi connectivity index (χ1v) is 11.2. The molecule has 1 atom stereocenters. The summed E-state index contributed by atoms with van der Waals surface area (Å²) in [5.74, 6) is -1.63. The standard InChI is InChI=1S/C25H28N2O6/c28-23(27-12-5-6-17(14-27)24(29)30)16-32-13-11-26-25(31)33-15-22-20-9-3-1-7-18(20)19-8-2-4-10-21(19)22/h1-4,7-10,17,22H,5-6,11-16H2,(H,26,31)(H,29,30)/t17-/m0/s1. The lowest BCUT2D eigenvalue weighted by molar-refractivity contribution is -0.147. The van der Waals surface area contributed by atoms with Gasteiger partial charge in [0.15, 0.2) is 0 Å². The number of carbonyl (C=O) groups is 3. The van der Waals surface area contributed by atoms with E-state index in [-0.39, 0.29) is 44.7 Å². The molecular formula is C25H28N2O6. The van der Waals surface area contributed by atoms with Crippen LogP contribution in [-0.4, -0.2) is 67.4 Å². The number of amides is 2. The molecule has 1 heterocycles. The molecule has 0 bridgehead atoms. The molecule has 8 heteroatoms. The third kappa shape index (κ3) is 5.34. The summed E-state index contributed by atoms with van der Waals surface area (Å²) in [7, 11) is 0. The van der Waals surface area contributed by atoms with Gasteiger partial charge in [0.25, 0.3) is 0 Å². The van der Waals surface area contributed by atoms with Gasteiger partial charge < -0.3 is 24.8 Å². The van der Waals surface area contributed by atoms with Gasteiger partial charge in [0.05, 0.1) is 12.5 Å². The molecule has 2 N–H and O–H groups in total. The van der Waals surface area contributed by atoms with E-state index in [0.29, 0.717) is 19.4 Å². The number of nitrogens with zero attached hydrogens (tertiary/aromatic N) is 1. The number of fused-ring (bicyclic) bond motifs is 3. The molecular weight excluding hydrogens is 424 g/mol. The molecule has 0 radical (unpaired) electrons. The highest BCUT2D eigenvalue weighted by Gasteiger charge is 2.29. The number of likely N-dealkylation sites (tertiary alicyclic amines) is 1. The van der Waals surface area contributed by atoms with Crippen LogP contribution in [0.5, 0.6) is 0 Å². The summed E-state index contributed by atoms with van der Waals surface area (Å²) in [6.07, 6.45) is 0.725. The Balaban J connectivity index is 1.17. The summed E-state index contributed by atoms with van der Waals surface area (Å²) in [5.41, 5.74) is 4.64. The average molecular weight is 453 g/mol. The van der Waals surface area contributed by atoms with Crippen LogP contribution in [0.25, 0.3) is 11.1 Å². The number of piperidine rings is 1. The molecule has 174 valence electrons. The van der Waals surface area contributed by atoms with Gasteiger partial charge in [-0.15, -0.1) is 0 Å². The summed E-state index contributed by atoms with van der Waals surface area (Å²) in [6.45, 7) is 1.23. The zero-order valence-corrected chi connectivity index (χ0v) is 18.4. The minimum atomic E-state index is -0.874. The van der Waals surface area contributed by atoms with Crippen LogP contribution in [-0.2, 0) is 19.1 Å². The van der Waals surface area contributed by atoms with Crippen LogP contribution in [0.15, 0.2) is 48.5 Å². The van der Waals surface area contributed by atoms with Crippen LogP contribution in [0.2, 0.25) is 0 Å². The number of ether oxygens (including phenoxy) is 2. The van der Waals surface area contributed by atoms with Crippen molar-refractivity contribution in [2.75, 3.05) is 39.5 Å². The van der Waals surface area contributed by atoms with E-state index < -0.39 is 18.0 Å². The second-order valence-corrected chi connectivity index (χ2v) is 8.32. The molecule has 0 spiro atoms. The van der Waals surface area contributed by atoms with Gasteiger partial charge >= 0.3 is 12.1 Å². The normalized spacial score (nSPS) is 17.2. The molecule has 1 aliphatic heterocycles. The van der Waals surface area contributed by atoms with Gasteiger partial charge in [-0.2, -0.15) is 0 Å². The zero-order chi connectivity index (χ0) is 23.2. The van der Waals surface area contributed by atoms with Gasteiger partial charge in [-0.05, 0) is 35.1 Å². The van der Waals surface area contributed by atoms with Crippen molar-refractivity contribution < 1.29 is 29.0 Å². The maximum absolute atomic E-state index is 12.2. The number of rotatable bonds is 8. The van der Waals surface area contributed by atoms with Gasteiger partial charge in [-0.1, -0.05) is 48.5 Å². The molecule has 8 nitrogen and oxygen atoms in total. The summed E-state index contributed by atoms with van der Waals surface area (Å²) < 4.78 is 10.8. The highest BCUT2D eigenvalue weighted by molar-refractivity contribution is 5.80. The lowest BCUT2D eigenvalue weighted by Gasteiger charge is -2.30. The smallest absolute Gasteiger partial charge is 0.407 e. The molecule has 1 fully saturated rings. The molecule has 4 rings (SSSR count). The van der Waals surface area contributed by atoms with E-state index in [9.17, 15) is 14.4 Å². The summed E-state index contributed by atoms with van der Waals surface area (Å²) >= 11 is 0. The van der Waals surface area contributed by atoms with Crippen LogP contribution in [0.1, 0.15) is 29.9 Å². The number of hydrogen-bond acceptors (Lipinski definition) is 5. The van der Waals surface area contributed by atoms with Crippen molar-refractivity contribution in [1.29, 1.82) is 0 Å². The van der Waals surface area contributed by atoms with Gasteiger partial charge in [0.2, 0.25) is 5.91 Å². The maximum Gasteiger partial charge on any atom is 0.407 e. The van der Waals surface area contributed by atoms with Crippen molar-refractivity contribution in [3.63, 3.8) is 0 Å². The first kappa shape index (κ1) is 22.8. The average Bonchev–Trinajstić information content (AvgIpc) is 3.16. The second kappa shape index (κ2) is 10.5. The molecule has 1 aliphatic carbocycles. The Labute approximate surface area is 192 Å². The summed E-state index contributed by atoms with van der Waals surface area (Å²) in [6, 6.07) is 16.3. The SMILES string of the molecule is O=C(NCCOCC(=O)N1CCC[C@H](C(=O)O)C1)OCC1c2ccccc2-c2ccccc21. The molecule has 33 heavy (non-hydrogen) atoms. The fraction of sp³-hybridized carbons (Fsp3) is 0.400. The second-order valence-electron chi connectivity index (χ2n) is 8.32. The van der Waals surface area contributed by atoms with E-state index in [1.165, 1.54) is 16.0 Å². The molecule has 2 aromatic carbocycles. The van der Waals surface area contributed by atoms with E-state index in [1.54, 1.807) is 0 Å². The van der Waals surface area contributed by atoms with Crippen LogP contribution >= 0.6 is 0 Å². The van der Waals surface area contributed by atoms with E-state index in [4.69, 9.17) is 14.6 Å². The van der Waals surface area contributed by atoms with Crippen molar-refractivity contribution >= 4 is 18.0 Å². The fourth-order valence-corrected chi connectivity index (χ4v) is 4.53. The van der Waals surface area contributed by atoms with Crippen LogP contribution in [0, 0.1) is 5.92 Å². The monoisotopic (exact) mass is 452 g/mol. The molecule has 2 aliphatic rings. The van der Waals surface area contributed by atoms with Crippen molar-refractivity contribution in [3.05, 3.63) is 59.7 Å². The Morgan fingerprint density at radius 1 is 1.03 bits per heavy atom. The van der Waals surface area contributed by atoms with E-state index >= 15 is 0 Å². The van der Waals surface area contributed by atoms with E-state index in [0.717, 1.165) is 11.1 Å². The Hall–Kier alpha value is -3.39. The largest absolute Gasteiger partial charge is 0.481 e. The van der Waals surface area contributed by atoms with Crippen molar-refractivity contribution in [3.8, 4) is 11.1 Å². The van der Waals surface area contributed by atoms with E-state index in [2.05, 4.69) is 29.6 Å². The number of alkyl carbamates (subject to hydrolysis) is 1. The van der Waals surface area contributed by atoms with E-state index in [1.807, 2.05) is 24.3 Å². The highest BCUT2D eigenvalue weighted by atomic mass is 16.5. The summed E-state index contributed by atoms with van der Waals surface area (Å²) in [4.78, 5) is 37.0. The van der Waals surface area contributed by atoms with Gasteiger partial charge in [-0.25, -0.2) is 4.79 Å². The van der Waals surface area contributed by atoms with Crippen molar-refractivity contribution in [1.82, 2.24) is 10.2 Å². The maximum atomic E-state index is 12.2. The Morgan fingerprint density at radius 2 is 1.70 bits per heavy atom. The first-order valence-electron chi connectivity index (χ1n) is 11.2. The number of aliphatic carboxylic acids is 1. The van der Waals surface area contributed by atoms with Gasteiger partial charge in [0.1, 0.15) is 13.2 Å². The predicted octanol–water partition coefficient (Wildman–Crippen LogP) is 2.86. The number of benzene rings is 2. The molecule has 0 unspecified atom stereocenters. The van der Waals surface area contributed by atoms with Crippen LogP contribution in [0.4, 0.5) is 4.79 Å².